The van der Waals surface area contributed by atoms with Gasteiger partial charge in [-0.1, -0.05) is 47.5 Å². The molecule has 0 spiro atoms. The first-order valence-electron chi connectivity index (χ1n) is 11.0. The summed E-state index contributed by atoms with van der Waals surface area (Å²) in [6.45, 7) is 2.08. The van der Waals surface area contributed by atoms with Crippen molar-refractivity contribution in [2.45, 2.75) is 13.5 Å². The number of urea groups is 1. The van der Waals surface area contributed by atoms with Crippen LogP contribution in [0, 0.1) is 6.92 Å². The summed E-state index contributed by atoms with van der Waals surface area (Å²) in [5.74, 6) is -0.640. The lowest BCUT2D eigenvalue weighted by molar-refractivity contribution is -0.116. The predicted molar refractivity (Wildman–Crippen MR) is 137 cm³/mol. The first-order valence-corrected chi connectivity index (χ1v) is 11.3. The molecule has 0 atom stereocenters. The van der Waals surface area contributed by atoms with Gasteiger partial charge in [0, 0.05) is 33.4 Å². The van der Waals surface area contributed by atoms with Crippen LogP contribution in [0.4, 0.5) is 16.2 Å². The van der Waals surface area contributed by atoms with Gasteiger partial charge in [0.15, 0.2) is 0 Å². The average molecular weight is 485 g/mol. The van der Waals surface area contributed by atoms with Gasteiger partial charge in [0.25, 0.3) is 5.91 Å². The van der Waals surface area contributed by atoms with E-state index in [4.69, 9.17) is 11.6 Å². The van der Waals surface area contributed by atoms with Crippen LogP contribution in [0.25, 0.3) is 17.0 Å². The SMILES string of the molecule is Cc1ccc(NC(=O)Cn2cc(/C=C3/NC(=O)N(c4ccc(Cl)cc4)C3=O)c3ccccc32)cc1. The molecule has 3 aromatic carbocycles. The molecular weight excluding hydrogens is 464 g/mol. The third-order valence-corrected chi connectivity index (χ3v) is 5.98. The Hall–Kier alpha value is -4.36. The molecule has 1 fully saturated rings. The largest absolute Gasteiger partial charge is 0.337 e. The van der Waals surface area contributed by atoms with E-state index < -0.39 is 11.9 Å². The Morgan fingerprint density at radius 3 is 2.46 bits per heavy atom. The number of hydrogen-bond acceptors (Lipinski definition) is 3. The number of nitrogens with one attached hydrogen (secondary N) is 2. The molecule has 0 saturated carbocycles. The fourth-order valence-electron chi connectivity index (χ4n) is 4.03. The van der Waals surface area contributed by atoms with E-state index in [1.165, 1.54) is 0 Å². The van der Waals surface area contributed by atoms with Gasteiger partial charge in [-0.25, -0.2) is 9.69 Å². The highest BCUT2D eigenvalue weighted by molar-refractivity contribution is 6.31. The summed E-state index contributed by atoms with van der Waals surface area (Å²) in [5.41, 5.74) is 3.96. The molecule has 8 heteroatoms. The molecule has 0 unspecified atom stereocenters. The fourth-order valence-corrected chi connectivity index (χ4v) is 4.15. The minimum atomic E-state index is -0.537. The maximum atomic E-state index is 13.0. The molecule has 0 radical (unpaired) electrons. The standard InChI is InChI=1S/C27H21ClN4O3/c1-17-6-10-20(11-7-17)29-25(33)16-31-15-18(22-4-2-3-5-24(22)31)14-23-26(34)32(27(35)30-23)21-12-8-19(28)9-13-21/h2-15H,16H2,1H3,(H,29,33)(H,30,35)/b23-14+. The van der Waals surface area contributed by atoms with Gasteiger partial charge in [0.1, 0.15) is 12.2 Å². The first kappa shape index (κ1) is 22.4. The third kappa shape index (κ3) is 4.54. The molecule has 2 N–H and O–H groups in total. The lowest BCUT2D eigenvalue weighted by atomic mass is 10.1. The minimum absolute atomic E-state index is 0.0920. The van der Waals surface area contributed by atoms with Crippen LogP contribution in [0.3, 0.4) is 0 Å². The van der Waals surface area contributed by atoms with E-state index in [2.05, 4.69) is 10.6 Å². The second-order valence-electron chi connectivity index (χ2n) is 8.25. The van der Waals surface area contributed by atoms with Crippen LogP contribution in [0.15, 0.2) is 84.7 Å². The summed E-state index contributed by atoms with van der Waals surface area (Å²) in [4.78, 5) is 39.3. The van der Waals surface area contributed by atoms with E-state index in [0.717, 1.165) is 27.1 Å². The Morgan fingerprint density at radius 2 is 1.71 bits per heavy atom. The smallest absolute Gasteiger partial charge is 0.333 e. The summed E-state index contributed by atoms with van der Waals surface area (Å²) in [5, 5.41) is 6.91. The van der Waals surface area contributed by atoms with E-state index in [1.807, 2.05) is 60.0 Å². The zero-order chi connectivity index (χ0) is 24.5. The maximum Gasteiger partial charge on any atom is 0.333 e. The molecule has 7 nitrogen and oxygen atoms in total. The quantitative estimate of drug-likeness (QED) is 0.296. The first-order chi connectivity index (χ1) is 16.9. The topological polar surface area (TPSA) is 83.4 Å². The number of carbonyl (C=O) groups is 3. The van der Waals surface area contributed by atoms with E-state index in [9.17, 15) is 14.4 Å². The molecule has 0 aliphatic carbocycles. The number of amides is 4. The summed E-state index contributed by atoms with van der Waals surface area (Å²) >= 11 is 5.93. The van der Waals surface area contributed by atoms with Crippen LogP contribution in [-0.4, -0.2) is 22.4 Å². The van der Waals surface area contributed by atoms with Crippen LogP contribution in [0.5, 0.6) is 0 Å². The molecule has 4 amide bonds. The van der Waals surface area contributed by atoms with Crippen molar-refractivity contribution >= 4 is 57.8 Å². The zero-order valence-corrected chi connectivity index (χ0v) is 19.5. The monoisotopic (exact) mass is 484 g/mol. The summed E-state index contributed by atoms with van der Waals surface area (Å²) in [6.07, 6.45) is 3.43. The van der Waals surface area contributed by atoms with Crippen molar-refractivity contribution in [3.05, 3.63) is 101 Å². The second-order valence-corrected chi connectivity index (χ2v) is 8.69. The van der Waals surface area contributed by atoms with Gasteiger partial charge >= 0.3 is 6.03 Å². The van der Waals surface area contributed by atoms with E-state index in [0.29, 0.717) is 16.3 Å². The minimum Gasteiger partial charge on any atom is -0.337 e. The number of fused-ring (bicyclic) bond motifs is 1. The lowest BCUT2D eigenvalue weighted by Gasteiger charge is -2.11. The van der Waals surface area contributed by atoms with Crippen LogP contribution in [-0.2, 0) is 16.1 Å². The molecule has 1 aliphatic heterocycles. The van der Waals surface area contributed by atoms with Crippen molar-refractivity contribution in [2.24, 2.45) is 0 Å². The fraction of sp³-hybridized carbons (Fsp3) is 0.0741. The Balaban J connectivity index is 1.42. The Kier molecular flexibility index (Phi) is 5.84. The number of imide groups is 1. The molecule has 174 valence electrons. The highest BCUT2D eigenvalue weighted by Gasteiger charge is 2.35. The van der Waals surface area contributed by atoms with Gasteiger partial charge in [-0.2, -0.15) is 0 Å². The number of para-hydroxylation sites is 1. The summed E-state index contributed by atoms with van der Waals surface area (Å²) < 4.78 is 1.82. The molecule has 1 aliphatic rings. The third-order valence-electron chi connectivity index (χ3n) is 5.73. The van der Waals surface area contributed by atoms with E-state index in [1.54, 1.807) is 36.5 Å². The number of nitrogens with zero attached hydrogens (tertiary/aromatic N) is 2. The van der Waals surface area contributed by atoms with Gasteiger partial charge in [-0.15, -0.1) is 0 Å². The number of benzene rings is 3. The van der Waals surface area contributed by atoms with Crippen molar-refractivity contribution in [3.63, 3.8) is 0 Å². The number of rotatable bonds is 5. The molecular formula is C27H21ClN4O3. The summed E-state index contributed by atoms with van der Waals surface area (Å²) in [7, 11) is 0. The molecule has 4 aromatic rings. The van der Waals surface area contributed by atoms with Crippen molar-refractivity contribution in [2.75, 3.05) is 10.2 Å². The van der Waals surface area contributed by atoms with E-state index in [-0.39, 0.29) is 18.1 Å². The Labute approximate surface area is 206 Å². The normalized spacial score (nSPS) is 14.6. The van der Waals surface area contributed by atoms with Crippen LogP contribution in [0.1, 0.15) is 11.1 Å². The number of anilines is 2. The summed E-state index contributed by atoms with van der Waals surface area (Å²) in [6, 6.07) is 21.1. The molecule has 35 heavy (non-hydrogen) atoms. The van der Waals surface area contributed by atoms with Crippen LogP contribution < -0.4 is 15.5 Å². The van der Waals surface area contributed by atoms with E-state index >= 15 is 0 Å². The van der Waals surface area contributed by atoms with Gasteiger partial charge in [0.2, 0.25) is 5.91 Å². The highest BCUT2D eigenvalue weighted by Crippen LogP contribution is 2.27. The number of halogens is 1. The Morgan fingerprint density at radius 1 is 1.00 bits per heavy atom. The zero-order valence-electron chi connectivity index (χ0n) is 18.8. The number of hydrogen-bond donors (Lipinski definition) is 2. The molecule has 0 bridgehead atoms. The molecule has 5 rings (SSSR count). The number of aromatic nitrogens is 1. The molecule has 2 heterocycles. The Bertz CT molecular complexity index is 1490. The lowest BCUT2D eigenvalue weighted by Crippen LogP contribution is -2.30. The average Bonchev–Trinajstić information content (AvgIpc) is 3.32. The predicted octanol–water partition coefficient (Wildman–Crippen LogP) is 5.34. The highest BCUT2D eigenvalue weighted by atomic mass is 35.5. The van der Waals surface area contributed by atoms with Gasteiger partial charge in [0.05, 0.1) is 5.69 Å². The molecule has 1 aromatic heterocycles. The van der Waals surface area contributed by atoms with Crippen molar-refractivity contribution in [3.8, 4) is 0 Å². The van der Waals surface area contributed by atoms with Crippen LogP contribution in [0.2, 0.25) is 5.02 Å². The second kappa shape index (κ2) is 9.12. The van der Waals surface area contributed by atoms with Gasteiger partial charge < -0.3 is 15.2 Å². The van der Waals surface area contributed by atoms with Crippen molar-refractivity contribution in [1.82, 2.24) is 9.88 Å². The molecule has 1 saturated heterocycles. The maximum absolute atomic E-state index is 13.0. The van der Waals surface area contributed by atoms with Crippen LogP contribution >= 0.6 is 11.6 Å². The van der Waals surface area contributed by atoms with Gasteiger partial charge in [-0.3, -0.25) is 9.59 Å². The van der Waals surface area contributed by atoms with Crippen molar-refractivity contribution in [1.29, 1.82) is 0 Å². The van der Waals surface area contributed by atoms with Gasteiger partial charge in [-0.05, 0) is 55.5 Å². The number of aryl methyl sites for hydroxylation is 1. The van der Waals surface area contributed by atoms with Crippen molar-refractivity contribution < 1.29 is 14.4 Å². The number of carbonyl (C=O) groups excluding carboxylic acids is 3.